The Morgan fingerprint density at radius 3 is 2.70 bits per heavy atom. The maximum absolute atomic E-state index is 4.15. The Bertz CT molecular complexity index is 687. The molecule has 0 amide bonds. The number of hydrogen-bond donors (Lipinski definition) is 1. The molecule has 1 atom stereocenters. The molecule has 0 spiro atoms. The summed E-state index contributed by atoms with van der Waals surface area (Å²) in [5.74, 6) is 0. The molecular formula is C18H18N2. The summed E-state index contributed by atoms with van der Waals surface area (Å²) < 4.78 is 0. The van der Waals surface area contributed by atoms with Crippen molar-refractivity contribution in [1.29, 1.82) is 0 Å². The second-order valence-corrected chi connectivity index (χ2v) is 5.03. The van der Waals surface area contributed by atoms with Crippen molar-refractivity contribution in [3.8, 4) is 0 Å². The standard InChI is InChI=1S/C18H18N2/c1-14(20-13-15-6-5-11-19-12-15)17-10-4-8-16-7-2-3-9-18(16)17/h2-12,14,20H,13H2,1H3/t14-/m0/s1. The minimum Gasteiger partial charge on any atom is -0.306 e. The average molecular weight is 262 g/mol. The molecule has 1 heterocycles. The topological polar surface area (TPSA) is 24.9 Å². The van der Waals surface area contributed by atoms with Crippen molar-refractivity contribution in [3.05, 3.63) is 78.1 Å². The van der Waals surface area contributed by atoms with Crippen molar-refractivity contribution in [2.45, 2.75) is 19.5 Å². The molecular weight excluding hydrogens is 244 g/mol. The van der Waals surface area contributed by atoms with E-state index in [1.807, 2.05) is 12.3 Å². The summed E-state index contributed by atoms with van der Waals surface area (Å²) in [4.78, 5) is 4.15. The van der Waals surface area contributed by atoms with Crippen molar-refractivity contribution in [2.24, 2.45) is 0 Å². The smallest absolute Gasteiger partial charge is 0.0312 e. The van der Waals surface area contributed by atoms with Crippen LogP contribution in [0.1, 0.15) is 24.1 Å². The first-order valence-electron chi connectivity index (χ1n) is 6.94. The van der Waals surface area contributed by atoms with Gasteiger partial charge in [0.25, 0.3) is 0 Å². The van der Waals surface area contributed by atoms with Crippen LogP contribution in [0.4, 0.5) is 0 Å². The Hall–Kier alpha value is -2.19. The number of nitrogens with zero attached hydrogens (tertiary/aromatic N) is 1. The monoisotopic (exact) mass is 262 g/mol. The van der Waals surface area contributed by atoms with Crippen LogP contribution in [0, 0.1) is 0 Å². The first kappa shape index (κ1) is 12.8. The lowest BCUT2D eigenvalue weighted by Gasteiger charge is -2.16. The van der Waals surface area contributed by atoms with E-state index in [-0.39, 0.29) is 0 Å². The van der Waals surface area contributed by atoms with Crippen LogP contribution in [0.3, 0.4) is 0 Å². The molecule has 0 saturated heterocycles. The van der Waals surface area contributed by atoms with Gasteiger partial charge < -0.3 is 5.32 Å². The van der Waals surface area contributed by atoms with Crippen LogP contribution in [0.15, 0.2) is 67.0 Å². The normalized spacial score (nSPS) is 12.4. The van der Waals surface area contributed by atoms with Gasteiger partial charge in [0.05, 0.1) is 0 Å². The minimum absolute atomic E-state index is 0.307. The van der Waals surface area contributed by atoms with Crippen molar-refractivity contribution >= 4 is 10.8 Å². The highest BCUT2D eigenvalue weighted by molar-refractivity contribution is 5.86. The molecule has 1 N–H and O–H groups in total. The summed E-state index contributed by atoms with van der Waals surface area (Å²) in [5, 5.41) is 6.18. The van der Waals surface area contributed by atoms with Crippen molar-refractivity contribution in [2.75, 3.05) is 0 Å². The van der Waals surface area contributed by atoms with Gasteiger partial charge in [0.1, 0.15) is 0 Å². The number of rotatable bonds is 4. The van der Waals surface area contributed by atoms with Crippen molar-refractivity contribution < 1.29 is 0 Å². The van der Waals surface area contributed by atoms with Crippen LogP contribution < -0.4 is 5.32 Å². The van der Waals surface area contributed by atoms with Crippen LogP contribution in [0.5, 0.6) is 0 Å². The van der Waals surface area contributed by atoms with E-state index < -0.39 is 0 Å². The number of benzene rings is 2. The van der Waals surface area contributed by atoms with Gasteiger partial charge in [-0.2, -0.15) is 0 Å². The minimum atomic E-state index is 0.307. The highest BCUT2D eigenvalue weighted by Gasteiger charge is 2.08. The van der Waals surface area contributed by atoms with Gasteiger partial charge in [-0.1, -0.05) is 48.5 Å². The van der Waals surface area contributed by atoms with E-state index in [1.165, 1.54) is 21.9 Å². The number of nitrogens with one attached hydrogen (secondary N) is 1. The second-order valence-electron chi connectivity index (χ2n) is 5.03. The summed E-state index contributed by atoms with van der Waals surface area (Å²) >= 11 is 0. The van der Waals surface area contributed by atoms with E-state index >= 15 is 0 Å². The van der Waals surface area contributed by atoms with Gasteiger partial charge in [0, 0.05) is 25.0 Å². The average Bonchev–Trinajstić information content (AvgIpc) is 2.53. The maximum atomic E-state index is 4.15. The van der Waals surface area contributed by atoms with Gasteiger partial charge in [-0.3, -0.25) is 4.98 Å². The quantitative estimate of drug-likeness (QED) is 0.766. The number of pyridine rings is 1. The number of hydrogen-bond acceptors (Lipinski definition) is 2. The van der Waals surface area contributed by atoms with E-state index in [0.29, 0.717) is 6.04 Å². The van der Waals surface area contributed by atoms with Gasteiger partial charge >= 0.3 is 0 Å². The molecule has 1 aromatic heterocycles. The SMILES string of the molecule is C[C@H](NCc1cccnc1)c1cccc2ccccc12. The largest absolute Gasteiger partial charge is 0.306 e. The molecule has 2 nitrogen and oxygen atoms in total. The molecule has 0 unspecified atom stereocenters. The zero-order valence-corrected chi connectivity index (χ0v) is 11.6. The first-order valence-corrected chi connectivity index (χ1v) is 6.94. The molecule has 3 rings (SSSR count). The molecule has 0 saturated carbocycles. The van der Waals surface area contributed by atoms with Gasteiger partial charge in [-0.25, -0.2) is 0 Å². The van der Waals surface area contributed by atoms with Gasteiger partial charge in [0.2, 0.25) is 0 Å². The molecule has 0 fully saturated rings. The van der Waals surface area contributed by atoms with Gasteiger partial charge in [-0.15, -0.1) is 0 Å². The lowest BCUT2D eigenvalue weighted by atomic mass is 9.99. The Morgan fingerprint density at radius 1 is 1.00 bits per heavy atom. The van der Waals surface area contributed by atoms with E-state index in [4.69, 9.17) is 0 Å². The van der Waals surface area contributed by atoms with E-state index in [1.54, 1.807) is 6.20 Å². The van der Waals surface area contributed by atoms with E-state index in [2.05, 4.69) is 65.8 Å². The van der Waals surface area contributed by atoms with Crippen LogP contribution in [0.25, 0.3) is 10.8 Å². The molecule has 0 bridgehead atoms. The third kappa shape index (κ3) is 2.70. The zero-order chi connectivity index (χ0) is 13.8. The highest BCUT2D eigenvalue weighted by atomic mass is 14.9. The zero-order valence-electron chi connectivity index (χ0n) is 11.6. The summed E-state index contributed by atoms with van der Waals surface area (Å²) in [5.41, 5.74) is 2.55. The van der Waals surface area contributed by atoms with Gasteiger partial charge in [0.15, 0.2) is 0 Å². The van der Waals surface area contributed by atoms with Gasteiger partial charge in [-0.05, 0) is 34.9 Å². The number of fused-ring (bicyclic) bond motifs is 1. The van der Waals surface area contributed by atoms with Crippen molar-refractivity contribution in [3.63, 3.8) is 0 Å². The molecule has 2 aromatic carbocycles. The Morgan fingerprint density at radius 2 is 1.85 bits per heavy atom. The molecule has 100 valence electrons. The highest BCUT2D eigenvalue weighted by Crippen LogP contribution is 2.24. The molecule has 0 aliphatic rings. The molecule has 0 aliphatic heterocycles. The second kappa shape index (κ2) is 5.85. The fraction of sp³-hybridized carbons (Fsp3) is 0.167. The maximum Gasteiger partial charge on any atom is 0.0312 e. The summed E-state index contributed by atoms with van der Waals surface area (Å²) in [6, 6.07) is 19.4. The fourth-order valence-corrected chi connectivity index (χ4v) is 2.51. The Labute approximate surface area is 119 Å². The summed E-state index contributed by atoms with van der Waals surface area (Å²) in [6.45, 7) is 3.04. The molecule has 3 aromatic rings. The summed E-state index contributed by atoms with van der Waals surface area (Å²) in [6.07, 6.45) is 3.71. The van der Waals surface area contributed by atoms with Crippen LogP contribution >= 0.6 is 0 Å². The van der Waals surface area contributed by atoms with E-state index in [9.17, 15) is 0 Å². The third-order valence-corrected chi connectivity index (χ3v) is 3.63. The molecule has 2 heteroatoms. The summed E-state index contributed by atoms with van der Waals surface area (Å²) in [7, 11) is 0. The van der Waals surface area contributed by atoms with Crippen LogP contribution in [-0.4, -0.2) is 4.98 Å². The lowest BCUT2D eigenvalue weighted by molar-refractivity contribution is 0.577. The van der Waals surface area contributed by atoms with Crippen LogP contribution in [0.2, 0.25) is 0 Å². The van der Waals surface area contributed by atoms with E-state index in [0.717, 1.165) is 6.54 Å². The fourth-order valence-electron chi connectivity index (χ4n) is 2.51. The lowest BCUT2D eigenvalue weighted by Crippen LogP contribution is -2.18. The van der Waals surface area contributed by atoms with Crippen LogP contribution in [-0.2, 0) is 6.54 Å². The third-order valence-electron chi connectivity index (χ3n) is 3.63. The molecule has 20 heavy (non-hydrogen) atoms. The predicted octanol–water partition coefficient (Wildman–Crippen LogP) is 4.09. The Balaban J connectivity index is 1.80. The first-order chi connectivity index (χ1) is 9.84. The predicted molar refractivity (Wildman–Crippen MR) is 83.4 cm³/mol. The Kier molecular flexibility index (Phi) is 3.75. The number of aromatic nitrogens is 1. The van der Waals surface area contributed by atoms with Crippen molar-refractivity contribution in [1.82, 2.24) is 10.3 Å². The molecule has 0 aliphatic carbocycles. The molecule has 0 radical (unpaired) electrons.